The topological polar surface area (TPSA) is 46.5 Å². The molecule has 0 fully saturated rings. The average Bonchev–Trinajstić information content (AvgIpc) is 1.82. The summed E-state index contributed by atoms with van der Waals surface area (Å²) in [5.74, 6) is 0.849. The van der Waals surface area contributed by atoms with Crippen LogP contribution in [-0.2, 0) is 9.09 Å². The lowest BCUT2D eigenvalue weighted by atomic mass is 10.00. The molecule has 0 heterocycles. The minimum atomic E-state index is -2.71. The van der Waals surface area contributed by atoms with E-state index in [0.29, 0.717) is 18.4 Å². The summed E-state index contributed by atoms with van der Waals surface area (Å²) >= 11 is 0. The van der Waals surface area contributed by atoms with E-state index in [-0.39, 0.29) is 0 Å². The van der Waals surface area contributed by atoms with Gasteiger partial charge in [0, 0.05) is 0 Å². The minimum Gasteiger partial charge on any atom is -0.326 e. The highest BCUT2D eigenvalue weighted by molar-refractivity contribution is 7.32. The molecular weight excluding hydrogens is 151 g/mol. The average molecular weight is 166 g/mol. The molecule has 0 rings (SSSR count). The molecule has 3 nitrogen and oxygen atoms in total. The van der Waals surface area contributed by atoms with Crippen LogP contribution < -0.4 is 0 Å². The van der Waals surface area contributed by atoms with Gasteiger partial charge in [-0.1, -0.05) is 20.8 Å². The van der Waals surface area contributed by atoms with Gasteiger partial charge in [-0.2, -0.15) is 0 Å². The van der Waals surface area contributed by atoms with Crippen LogP contribution in [0.2, 0.25) is 0 Å². The molecule has 0 aliphatic heterocycles. The first-order valence-electron chi connectivity index (χ1n) is 3.39. The zero-order chi connectivity index (χ0) is 8.15. The molecule has 0 bridgehead atoms. The van der Waals surface area contributed by atoms with Gasteiger partial charge in [0.25, 0.3) is 0 Å². The van der Waals surface area contributed by atoms with E-state index in [1.807, 2.05) is 6.92 Å². The van der Waals surface area contributed by atoms with Crippen molar-refractivity contribution >= 4 is 8.25 Å². The molecule has 0 aromatic rings. The first-order valence-corrected chi connectivity index (χ1v) is 4.66. The number of rotatable bonds is 4. The maximum Gasteiger partial charge on any atom is 0.316 e. The summed E-state index contributed by atoms with van der Waals surface area (Å²) < 4.78 is 14.7. The van der Waals surface area contributed by atoms with Crippen LogP contribution in [-0.4, -0.2) is 11.5 Å². The highest BCUT2D eigenvalue weighted by Crippen LogP contribution is 2.19. The third kappa shape index (κ3) is 4.98. The second-order valence-electron chi connectivity index (χ2n) is 2.80. The Morgan fingerprint density at radius 3 is 2.30 bits per heavy atom. The predicted octanol–water partition coefficient (Wildman–Crippen LogP) is 1.68. The third-order valence-electron chi connectivity index (χ3n) is 1.61. The summed E-state index contributed by atoms with van der Waals surface area (Å²) in [7, 11) is -2.71. The molecule has 2 unspecified atom stereocenters. The zero-order valence-corrected chi connectivity index (χ0v) is 7.63. The standard InChI is InChI=1S/C6H15O3P/c1-5(2)6(3)4-9-10(7)8/h5-6,10H,4H2,1-3H3,(H,7,8). The molecule has 0 aliphatic rings. The van der Waals surface area contributed by atoms with Crippen molar-refractivity contribution in [3.8, 4) is 0 Å². The lowest BCUT2D eigenvalue weighted by Gasteiger charge is -2.13. The van der Waals surface area contributed by atoms with Gasteiger partial charge in [0.2, 0.25) is 0 Å². The Kier molecular flexibility index (Phi) is 4.96. The second-order valence-corrected chi connectivity index (χ2v) is 3.62. The van der Waals surface area contributed by atoms with Gasteiger partial charge in [-0.3, -0.25) is 4.57 Å². The largest absolute Gasteiger partial charge is 0.326 e. The monoisotopic (exact) mass is 166 g/mol. The Labute approximate surface area is 62.3 Å². The Hall–Kier alpha value is 0.150. The van der Waals surface area contributed by atoms with Crippen LogP contribution in [0, 0.1) is 11.8 Å². The van der Waals surface area contributed by atoms with Gasteiger partial charge in [0.15, 0.2) is 0 Å². The molecule has 0 aromatic carbocycles. The molecule has 0 saturated heterocycles. The smallest absolute Gasteiger partial charge is 0.316 e. The fourth-order valence-corrected chi connectivity index (χ4v) is 0.801. The quantitative estimate of drug-likeness (QED) is 0.646. The first-order chi connectivity index (χ1) is 4.54. The van der Waals surface area contributed by atoms with Crippen molar-refractivity contribution in [2.24, 2.45) is 11.8 Å². The maximum atomic E-state index is 10.1. The van der Waals surface area contributed by atoms with Gasteiger partial charge in [-0.25, -0.2) is 0 Å². The van der Waals surface area contributed by atoms with Crippen LogP contribution in [0.1, 0.15) is 20.8 Å². The summed E-state index contributed by atoms with van der Waals surface area (Å²) in [5, 5.41) is 0. The second kappa shape index (κ2) is 4.89. The number of hydrogen-bond acceptors (Lipinski definition) is 2. The number of hydrogen-bond donors (Lipinski definition) is 1. The van der Waals surface area contributed by atoms with E-state index in [1.165, 1.54) is 0 Å². The Balaban J connectivity index is 3.39. The van der Waals surface area contributed by atoms with E-state index in [2.05, 4.69) is 18.4 Å². The van der Waals surface area contributed by atoms with Crippen molar-refractivity contribution in [2.75, 3.05) is 6.61 Å². The first kappa shape index (κ1) is 10.2. The molecule has 1 N–H and O–H groups in total. The lowest BCUT2D eigenvalue weighted by molar-refractivity contribution is 0.210. The van der Waals surface area contributed by atoms with E-state index in [4.69, 9.17) is 4.89 Å². The van der Waals surface area contributed by atoms with Crippen LogP contribution in [0.25, 0.3) is 0 Å². The minimum absolute atomic E-state index is 0.348. The molecule has 62 valence electrons. The van der Waals surface area contributed by atoms with Crippen LogP contribution in [0.4, 0.5) is 0 Å². The van der Waals surface area contributed by atoms with Gasteiger partial charge in [0.05, 0.1) is 6.61 Å². The normalized spacial score (nSPS) is 17.3. The predicted molar refractivity (Wildman–Crippen MR) is 41.2 cm³/mol. The van der Waals surface area contributed by atoms with Crippen molar-refractivity contribution in [2.45, 2.75) is 20.8 Å². The molecule has 0 amide bonds. The van der Waals surface area contributed by atoms with E-state index in [1.54, 1.807) is 0 Å². The van der Waals surface area contributed by atoms with E-state index >= 15 is 0 Å². The van der Waals surface area contributed by atoms with Crippen molar-refractivity contribution in [1.82, 2.24) is 0 Å². The summed E-state index contributed by atoms with van der Waals surface area (Å²) in [6.07, 6.45) is 0. The molecule has 0 spiro atoms. The molecule has 0 radical (unpaired) electrons. The molecular formula is C6H15O3P. The van der Waals surface area contributed by atoms with Crippen LogP contribution in [0.3, 0.4) is 0 Å². The van der Waals surface area contributed by atoms with E-state index < -0.39 is 8.25 Å². The van der Waals surface area contributed by atoms with Crippen molar-refractivity contribution < 1.29 is 14.0 Å². The molecule has 0 saturated carbocycles. The van der Waals surface area contributed by atoms with Gasteiger partial charge in [-0.05, 0) is 11.8 Å². The Bertz CT molecular complexity index is 114. The summed E-state index contributed by atoms with van der Waals surface area (Å²) in [6, 6.07) is 0. The summed E-state index contributed by atoms with van der Waals surface area (Å²) in [5.41, 5.74) is 0. The van der Waals surface area contributed by atoms with Crippen molar-refractivity contribution in [3.05, 3.63) is 0 Å². The zero-order valence-electron chi connectivity index (χ0n) is 6.63. The van der Waals surface area contributed by atoms with Crippen molar-refractivity contribution in [1.29, 1.82) is 0 Å². The fraction of sp³-hybridized carbons (Fsp3) is 1.00. The molecule has 2 atom stereocenters. The van der Waals surface area contributed by atoms with Gasteiger partial charge >= 0.3 is 8.25 Å². The van der Waals surface area contributed by atoms with Gasteiger partial charge < -0.3 is 9.42 Å². The maximum absolute atomic E-state index is 10.1. The molecule has 0 aliphatic carbocycles. The van der Waals surface area contributed by atoms with Gasteiger partial charge in [-0.15, -0.1) is 0 Å². The van der Waals surface area contributed by atoms with Crippen LogP contribution in [0.5, 0.6) is 0 Å². The third-order valence-corrected chi connectivity index (χ3v) is 2.02. The molecule has 10 heavy (non-hydrogen) atoms. The van der Waals surface area contributed by atoms with Crippen molar-refractivity contribution in [3.63, 3.8) is 0 Å². The Morgan fingerprint density at radius 1 is 1.50 bits per heavy atom. The van der Waals surface area contributed by atoms with Crippen LogP contribution in [0.15, 0.2) is 0 Å². The SMILES string of the molecule is CC(C)C(C)CO[PH](=O)O. The van der Waals surface area contributed by atoms with E-state index in [0.717, 1.165) is 0 Å². The van der Waals surface area contributed by atoms with E-state index in [9.17, 15) is 4.57 Å². The van der Waals surface area contributed by atoms with Gasteiger partial charge in [0.1, 0.15) is 0 Å². The summed E-state index contributed by atoms with van der Waals surface area (Å²) in [4.78, 5) is 8.31. The fourth-order valence-electron chi connectivity index (χ4n) is 0.395. The Morgan fingerprint density at radius 2 is 2.00 bits per heavy atom. The van der Waals surface area contributed by atoms with Crippen LogP contribution >= 0.6 is 8.25 Å². The lowest BCUT2D eigenvalue weighted by Crippen LogP contribution is -2.09. The molecule has 4 heteroatoms. The highest BCUT2D eigenvalue weighted by Gasteiger charge is 2.07. The summed E-state index contributed by atoms with van der Waals surface area (Å²) in [6.45, 7) is 6.49. The molecule has 0 aromatic heterocycles. The highest BCUT2D eigenvalue weighted by atomic mass is 31.1.